The van der Waals surface area contributed by atoms with Gasteiger partial charge in [-0.15, -0.1) is 10.2 Å². The van der Waals surface area contributed by atoms with Gasteiger partial charge in [0.25, 0.3) is 12.3 Å². The molecule has 15 nitrogen and oxygen atoms in total. The Morgan fingerprint density at radius 2 is 1.74 bits per heavy atom. The van der Waals surface area contributed by atoms with Crippen LogP contribution in [0.5, 0.6) is 5.75 Å². The van der Waals surface area contributed by atoms with E-state index in [-0.39, 0.29) is 35.6 Å². The molecule has 2 amide bonds. The monoisotopic (exact) mass is 1000 g/mol. The Balaban J connectivity index is 0.745. The molecule has 1 aliphatic carbocycles. The highest BCUT2D eigenvalue weighted by Crippen LogP contribution is 2.44. The fraction of sp³-hybridized carbons (Fsp3) is 0.537. The summed E-state index contributed by atoms with van der Waals surface area (Å²) in [6, 6.07) is 13.1. The second-order valence-corrected chi connectivity index (χ2v) is 21.3. The van der Waals surface area contributed by atoms with E-state index in [2.05, 4.69) is 59.9 Å². The van der Waals surface area contributed by atoms with E-state index in [1.165, 1.54) is 0 Å². The second-order valence-electron chi connectivity index (χ2n) is 21.0. The molecule has 18 heteroatoms. The lowest BCUT2D eigenvalue weighted by Gasteiger charge is -2.44. The molecule has 72 heavy (non-hydrogen) atoms. The summed E-state index contributed by atoms with van der Waals surface area (Å²) in [5.41, 5.74) is 6.65. The molecule has 7 heterocycles. The lowest BCUT2D eigenvalue weighted by Crippen LogP contribution is -2.50. The van der Waals surface area contributed by atoms with Crippen molar-refractivity contribution in [1.29, 1.82) is 5.26 Å². The Kier molecular flexibility index (Phi) is 14.3. The Hall–Kier alpha value is -6.12. The van der Waals surface area contributed by atoms with Gasteiger partial charge in [0.1, 0.15) is 11.8 Å². The van der Waals surface area contributed by atoms with Crippen LogP contribution in [-0.2, 0) is 31.2 Å². The Labute approximate surface area is 425 Å². The third kappa shape index (κ3) is 10.0. The number of amides is 2. The molecule has 3 atom stereocenters. The molecule has 0 bridgehead atoms. The largest absolute Gasteiger partial charge is 0.490 e. The van der Waals surface area contributed by atoms with E-state index in [0.717, 1.165) is 124 Å². The molecule has 3 aromatic heterocycles. The number of carbonyl (C=O) groups is 2. The van der Waals surface area contributed by atoms with Crippen LogP contribution in [0.25, 0.3) is 11.1 Å². The molecule has 4 aliphatic heterocycles. The number of nitrogens with zero attached hydrogens (tertiary/aromatic N) is 11. The number of aromatic nitrogens is 6. The van der Waals surface area contributed by atoms with Gasteiger partial charge in [0.05, 0.1) is 35.5 Å². The maximum Gasteiger partial charge on any atom is 0.272 e. The number of aryl methyl sites for hydroxylation is 2. The molecule has 380 valence electrons. The first-order valence-corrected chi connectivity index (χ1v) is 26.2. The highest BCUT2D eigenvalue weighted by atomic mass is 35.5. The fourth-order valence-corrected chi connectivity index (χ4v) is 12.3. The standard InChI is InChI=1S/C54H65ClF2N12O3/c1-32-27-67(50-15-13-46(61-62-50)54(71)60-39-9-11-41(12-10-39)72-49-14-8-37(25-58)51(55)34(49)3)28-33(2)44(32)30-65-20-16-40(17-21-65)69-47-18-22-66(35(4)70)31-45(47)53(63-69)68-19-6-7-36-23-42(38-26-59-64(5)29-38)43(52(56)57)24-48(36)68/h8,13-15,23-24,26,29,32-33,39-41,44,52H,6-7,9-12,16-22,27-28,30-31H2,1-5H3,(H,60,71)/t32-,33+,39?,41?,44?. The van der Waals surface area contributed by atoms with Crippen LogP contribution in [0.15, 0.2) is 48.8 Å². The zero-order valence-corrected chi connectivity index (χ0v) is 42.7. The summed E-state index contributed by atoms with van der Waals surface area (Å²) in [4.78, 5) is 35.0. The summed E-state index contributed by atoms with van der Waals surface area (Å²) in [5.74, 6) is 3.38. The van der Waals surface area contributed by atoms with E-state index in [9.17, 15) is 23.6 Å². The van der Waals surface area contributed by atoms with Crippen molar-refractivity contribution >= 4 is 40.7 Å². The van der Waals surface area contributed by atoms with Crippen LogP contribution in [-0.4, -0.2) is 109 Å². The van der Waals surface area contributed by atoms with Crippen LogP contribution >= 0.6 is 11.6 Å². The maximum atomic E-state index is 14.8. The molecule has 2 aromatic carbocycles. The number of hydrogen-bond acceptors (Lipinski definition) is 11. The zero-order chi connectivity index (χ0) is 50.4. The lowest BCUT2D eigenvalue weighted by atomic mass is 9.79. The van der Waals surface area contributed by atoms with Gasteiger partial charge < -0.3 is 29.7 Å². The third-order valence-corrected chi connectivity index (χ3v) is 16.7. The number of halogens is 3. The minimum atomic E-state index is -2.66. The van der Waals surface area contributed by atoms with Crippen LogP contribution in [0.1, 0.15) is 122 Å². The van der Waals surface area contributed by atoms with Crippen molar-refractivity contribution in [2.24, 2.45) is 24.8 Å². The van der Waals surface area contributed by atoms with Gasteiger partial charge in [0.15, 0.2) is 17.3 Å². The molecular formula is C54H65ClF2N12O3. The highest BCUT2D eigenvalue weighted by Gasteiger charge is 2.38. The van der Waals surface area contributed by atoms with E-state index in [0.29, 0.717) is 77.0 Å². The average molecular weight is 1000 g/mol. The summed E-state index contributed by atoms with van der Waals surface area (Å²) in [6.07, 6.45) is 8.15. The Bertz CT molecular complexity index is 2840. The predicted molar refractivity (Wildman–Crippen MR) is 272 cm³/mol. The van der Waals surface area contributed by atoms with Crippen LogP contribution in [0.3, 0.4) is 0 Å². The lowest BCUT2D eigenvalue weighted by molar-refractivity contribution is -0.129. The molecule has 0 spiro atoms. The maximum absolute atomic E-state index is 14.8. The fourth-order valence-electron chi connectivity index (χ4n) is 12.1. The number of benzene rings is 2. The van der Waals surface area contributed by atoms with Crippen molar-refractivity contribution in [2.45, 2.75) is 117 Å². The summed E-state index contributed by atoms with van der Waals surface area (Å²) >= 11 is 6.36. The number of nitrogens with one attached hydrogen (secondary N) is 1. The summed E-state index contributed by atoms with van der Waals surface area (Å²) < 4.78 is 39.8. The van der Waals surface area contributed by atoms with Crippen LogP contribution < -0.4 is 19.9 Å². The van der Waals surface area contributed by atoms with E-state index < -0.39 is 6.43 Å². The smallest absolute Gasteiger partial charge is 0.272 e. The number of hydrogen-bond donors (Lipinski definition) is 1. The van der Waals surface area contributed by atoms with E-state index >= 15 is 0 Å². The second kappa shape index (κ2) is 20.8. The number of likely N-dealkylation sites (tertiary alicyclic amines) is 1. The van der Waals surface area contributed by atoms with Crippen LogP contribution in [0.4, 0.5) is 26.1 Å². The number of piperidine rings is 2. The van der Waals surface area contributed by atoms with E-state index in [1.807, 2.05) is 24.0 Å². The van der Waals surface area contributed by atoms with Gasteiger partial charge in [-0.2, -0.15) is 15.5 Å². The van der Waals surface area contributed by atoms with Crippen molar-refractivity contribution < 1.29 is 23.1 Å². The Morgan fingerprint density at radius 1 is 0.972 bits per heavy atom. The molecule has 10 rings (SSSR count). The van der Waals surface area contributed by atoms with Crippen LogP contribution in [0, 0.1) is 36.0 Å². The molecule has 3 fully saturated rings. The quantitative estimate of drug-likeness (QED) is 0.135. The third-order valence-electron chi connectivity index (χ3n) is 16.2. The first-order valence-electron chi connectivity index (χ1n) is 25.8. The van der Waals surface area contributed by atoms with Gasteiger partial charge in [-0.1, -0.05) is 25.4 Å². The van der Waals surface area contributed by atoms with E-state index in [1.54, 1.807) is 55.3 Å². The number of carbonyl (C=O) groups excluding carboxylic acids is 2. The van der Waals surface area contributed by atoms with Gasteiger partial charge in [0.2, 0.25) is 5.91 Å². The van der Waals surface area contributed by atoms with Crippen LogP contribution in [0.2, 0.25) is 5.02 Å². The number of ether oxygens (including phenoxy) is 1. The number of rotatable bonds is 11. The SMILES string of the molecule is CC(=O)N1CCc2c(c(N3CCCc4cc(-c5cnn(C)c5)c(C(F)F)cc43)nn2C2CCN(CC3[C@H](C)CN(c4ccc(C(=O)NC5CCC(Oc6ccc(C#N)c(Cl)c6C)CC5)nn4)C[C@@H]3C)CC2)C1. The minimum Gasteiger partial charge on any atom is -0.490 e. The molecule has 0 radical (unpaired) electrons. The zero-order valence-electron chi connectivity index (χ0n) is 42.0. The molecule has 1 unspecified atom stereocenters. The Morgan fingerprint density at radius 3 is 2.40 bits per heavy atom. The van der Waals surface area contributed by atoms with Gasteiger partial charge in [-0.3, -0.25) is 19.0 Å². The molecule has 5 aromatic rings. The van der Waals surface area contributed by atoms with E-state index in [4.69, 9.17) is 21.4 Å². The summed E-state index contributed by atoms with van der Waals surface area (Å²) in [5, 5.41) is 31.4. The normalized spacial score (nSPS) is 22.9. The van der Waals surface area contributed by atoms with Gasteiger partial charge in [-0.25, -0.2) is 8.78 Å². The average Bonchev–Trinajstić information content (AvgIpc) is 4.00. The molecule has 1 N–H and O–H groups in total. The van der Waals surface area contributed by atoms with Gasteiger partial charge in [0, 0.05) is 112 Å². The molecule has 2 saturated heterocycles. The summed E-state index contributed by atoms with van der Waals surface area (Å²) in [6.45, 7) is 14.5. The minimum absolute atomic E-state index is 0.00672. The summed E-state index contributed by atoms with van der Waals surface area (Å²) in [7, 11) is 1.79. The molecule has 5 aliphatic rings. The number of alkyl halides is 2. The molecule has 1 saturated carbocycles. The van der Waals surface area contributed by atoms with Gasteiger partial charge >= 0.3 is 0 Å². The van der Waals surface area contributed by atoms with Crippen molar-refractivity contribution in [3.05, 3.63) is 93.0 Å². The number of nitriles is 1. The van der Waals surface area contributed by atoms with Crippen molar-refractivity contribution in [3.63, 3.8) is 0 Å². The number of anilines is 3. The highest BCUT2D eigenvalue weighted by molar-refractivity contribution is 6.32. The number of fused-ring (bicyclic) bond motifs is 2. The van der Waals surface area contributed by atoms with Crippen molar-refractivity contribution in [3.8, 4) is 22.9 Å². The first kappa shape index (κ1) is 49.5. The van der Waals surface area contributed by atoms with Crippen molar-refractivity contribution in [2.75, 3.05) is 55.6 Å². The topological polar surface area (TPSA) is 154 Å². The van der Waals surface area contributed by atoms with Gasteiger partial charge in [-0.05, 0) is 124 Å². The van der Waals surface area contributed by atoms with Crippen molar-refractivity contribution in [1.82, 2.24) is 44.9 Å². The molecular weight excluding hydrogens is 938 g/mol. The first-order chi connectivity index (χ1) is 34.7. The predicted octanol–water partition coefficient (Wildman–Crippen LogP) is 9.00.